The zero-order valence-electron chi connectivity index (χ0n) is 14.6. The summed E-state index contributed by atoms with van der Waals surface area (Å²) < 4.78 is 38.6. The number of Topliss-reactive ketones (excluding diaryl/α,β-unsaturated/α-hetero) is 1. The molecule has 0 aliphatic carbocycles. The van der Waals surface area contributed by atoms with Gasteiger partial charge in [0.2, 0.25) is 0 Å². The summed E-state index contributed by atoms with van der Waals surface area (Å²) in [6, 6.07) is 7.46. The minimum absolute atomic E-state index is 0.0294. The number of thioether (sulfide) groups is 1. The second kappa shape index (κ2) is 8.20. The summed E-state index contributed by atoms with van der Waals surface area (Å²) in [5.74, 6) is 0.305. The highest BCUT2D eigenvalue weighted by Gasteiger charge is 2.23. The first-order chi connectivity index (χ1) is 12.2. The molecule has 6 nitrogen and oxygen atoms in total. The molecule has 2 aromatic rings. The zero-order chi connectivity index (χ0) is 19.5. The number of hydrogen-bond donors (Lipinski definition) is 1. The molecule has 0 radical (unpaired) electrons. The zero-order valence-corrected chi connectivity index (χ0v) is 17.0. The van der Waals surface area contributed by atoms with E-state index in [4.69, 9.17) is 21.1 Å². The number of ketones is 1. The number of carbonyl (C=O) groups excluding carboxylic acids is 1. The van der Waals surface area contributed by atoms with Gasteiger partial charge in [-0.15, -0.1) is 11.8 Å². The number of halogens is 1. The summed E-state index contributed by atoms with van der Waals surface area (Å²) in [4.78, 5) is 12.5. The number of nitrogens with one attached hydrogen (secondary N) is 1. The standard InChI is InChI=1S/C17H18ClNO5S2/c1-10(20)12-8-14(23-2)15(24-3)9-13(12)19-26(21,22)17-7-11(18)5-6-16(17)25-4/h5-9,19H,1-4H3. The number of rotatable bonds is 7. The van der Waals surface area contributed by atoms with Crippen molar-refractivity contribution < 1.29 is 22.7 Å². The van der Waals surface area contributed by atoms with E-state index in [0.29, 0.717) is 21.4 Å². The van der Waals surface area contributed by atoms with E-state index in [0.717, 1.165) is 0 Å². The lowest BCUT2D eigenvalue weighted by Crippen LogP contribution is -2.16. The first-order valence-corrected chi connectivity index (χ1v) is 10.5. The Labute approximate surface area is 161 Å². The fourth-order valence-electron chi connectivity index (χ4n) is 2.31. The molecular weight excluding hydrogens is 398 g/mol. The van der Waals surface area contributed by atoms with Gasteiger partial charge in [0.25, 0.3) is 10.0 Å². The number of methoxy groups -OCH3 is 2. The van der Waals surface area contributed by atoms with Crippen LogP contribution in [0.2, 0.25) is 5.02 Å². The normalized spacial score (nSPS) is 11.1. The molecule has 0 spiro atoms. The van der Waals surface area contributed by atoms with Gasteiger partial charge >= 0.3 is 0 Å². The van der Waals surface area contributed by atoms with Crippen molar-refractivity contribution in [1.29, 1.82) is 0 Å². The molecule has 0 saturated heterocycles. The van der Waals surface area contributed by atoms with E-state index in [9.17, 15) is 13.2 Å². The molecule has 0 atom stereocenters. The lowest BCUT2D eigenvalue weighted by Gasteiger charge is -2.16. The molecular formula is C17H18ClNO5S2. The number of hydrogen-bond acceptors (Lipinski definition) is 6. The van der Waals surface area contributed by atoms with Crippen LogP contribution in [0.5, 0.6) is 11.5 Å². The third-order valence-electron chi connectivity index (χ3n) is 3.56. The quantitative estimate of drug-likeness (QED) is 0.542. The number of ether oxygens (including phenoxy) is 2. The number of sulfonamides is 1. The molecule has 26 heavy (non-hydrogen) atoms. The van der Waals surface area contributed by atoms with Gasteiger partial charge in [-0.3, -0.25) is 9.52 Å². The molecule has 2 rings (SSSR count). The minimum Gasteiger partial charge on any atom is -0.493 e. The van der Waals surface area contributed by atoms with Crippen molar-refractivity contribution in [3.8, 4) is 11.5 Å². The first kappa shape index (κ1) is 20.4. The molecule has 9 heteroatoms. The molecule has 140 valence electrons. The molecule has 0 unspecified atom stereocenters. The maximum Gasteiger partial charge on any atom is 0.263 e. The van der Waals surface area contributed by atoms with E-state index in [1.165, 1.54) is 51.1 Å². The highest BCUT2D eigenvalue weighted by Crippen LogP contribution is 2.36. The number of anilines is 1. The molecule has 0 aliphatic heterocycles. The summed E-state index contributed by atoms with van der Waals surface area (Å²) in [6.45, 7) is 1.34. The number of benzene rings is 2. The second-order valence-electron chi connectivity index (χ2n) is 5.21. The van der Waals surface area contributed by atoms with Gasteiger partial charge in [0.1, 0.15) is 4.90 Å². The summed E-state index contributed by atoms with van der Waals surface area (Å²) in [6.07, 6.45) is 1.76. The third kappa shape index (κ3) is 4.25. The van der Waals surface area contributed by atoms with Crippen LogP contribution in [0, 0.1) is 0 Å². The molecule has 1 N–H and O–H groups in total. The van der Waals surface area contributed by atoms with Crippen LogP contribution in [0.3, 0.4) is 0 Å². The highest BCUT2D eigenvalue weighted by atomic mass is 35.5. The summed E-state index contributed by atoms with van der Waals surface area (Å²) in [5, 5.41) is 0.294. The lowest BCUT2D eigenvalue weighted by molar-refractivity contribution is 0.101. The Hall–Kier alpha value is -1.90. The maximum atomic E-state index is 12.9. The van der Waals surface area contributed by atoms with Gasteiger partial charge in [-0.05, 0) is 37.4 Å². The van der Waals surface area contributed by atoms with Gasteiger partial charge in [-0.2, -0.15) is 0 Å². The number of carbonyl (C=O) groups is 1. The van der Waals surface area contributed by atoms with Crippen LogP contribution in [0.1, 0.15) is 17.3 Å². The van der Waals surface area contributed by atoms with E-state index in [1.807, 2.05) is 0 Å². The van der Waals surface area contributed by atoms with Crippen molar-refractivity contribution >= 4 is 44.9 Å². The average Bonchev–Trinajstić information content (AvgIpc) is 2.60. The van der Waals surface area contributed by atoms with Crippen LogP contribution in [0.4, 0.5) is 5.69 Å². The van der Waals surface area contributed by atoms with Gasteiger partial charge < -0.3 is 9.47 Å². The molecule has 0 aliphatic rings. The van der Waals surface area contributed by atoms with Crippen LogP contribution in [-0.4, -0.2) is 34.7 Å². The van der Waals surface area contributed by atoms with E-state index in [1.54, 1.807) is 18.4 Å². The van der Waals surface area contributed by atoms with Crippen LogP contribution < -0.4 is 14.2 Å². The highest BCUT2D eigenvalue weighted by molar-refractivity contribution is 7.99. The van der Waals surface area contributed by atoms with Crippen molar-refractivity contribution in [2.24, 2.45) is 0 Å². The summed E-state index contributed by atoms with van der Waals surface area (Å²) in [7, 11) is -1.13. The molecule has 0 heterocycles. The molecule has 0 amide bonds. The summed E-state index contributed by atoms with van der Waals surface area (Å²) in [5.41, 5.74) is 0.265. The topological polar surface area (TPSA) is 81.7 Å². The average molecular weight is 416 g/mol. The molecule has 2 aromatic carbocycles. The Balaban J connectivity index is 2.59. The van der Waals surface area contributed by atoms with Gasteiger partial charge in [-0.1, -0.05) is 11.6 Å². The largest absolute Gasteiger partial charge is 0.493 e. The van der Waals surface area contributed by atoms with Crippen LogP contribution in [0.25, 0.3) is 0 Å². The predicted molar refractivity (Wildman–Crippen MR) is 104 cm³/mol. The van der Waals surface area contributed by atoms with Gasteiger partial charge in [0.05, 0.1) is 19.9 Å². The van der Waals surface area contributed by atoms with Crippen molar-refractivity contribution in [1.82, 2.24) is 0 Å². The monoisotopic (exact) mass is 415 g/mol. The SMILES string of the molecule is COc1cc(NS(=O)(=O)c2cc(Cl)ccc2SC)c(C(C)=O)cc1OC. The molecule has 0 bridgehead atoms. The minimum atomic E-state index is -3.98. The Morgan fingerprint density at radius 2 is 1.73 bits per heavy atom. The Morgan fingerprint density at radius 1 is 1.12 bits per heavy atom. The second-order valence-corrected chi connectivity index (χ2v) is 8.14. The van der Waals surface area contributed by atoms with Crippen LogP contribution >= 0.6 is 23.4 Å². The predicted octanol–water partition coefficient (Wildman–Crippen LogP) is 4.08. The van der Waals surface area contributed by atoms with E-state index in [-0.39, 0.29) is 21.9 Å². The molecule has 0 aromatic heterocycles. The molecule has 0 saturated carbocycles. The van der Waals surface area contributed by atoms with Crippen molar-refractivity contribution in [2.75, 3.05) is 25.2 Å². The van der Waals surface area contributed by atoms with E-state index in [2.05, 4.69) is 4.72 Å². The van der Waals surface area contributed by atoms with Crippen molar-refractivity contribution in [3.63, 3.8) is 0 Å². The smallest absolute Gasteiger partial charge is 0.263 e. The lowest BCUT2D eigenvalue weighted by atomic mass is 10.1. The Morgan fingerprint density at radius 3 is 2.27 bits per heavy atom. The van der Waals surface area contributed by atoms with Crippen LogP contribution in [0.15, 0.2) is 40.1 Å². The van der Waals surface area contributed by atoms with Crippen molar-refractivity contribution in [2.45, 2.75) is 16.7 Å². The van der Waals surface area contributed by atoms with E-state index < -0.39 is 10.0 Å². The maximum absolute atomic E-state index is 12.9. The Bertz CT molecular complexity index is 944. The van der Waals surface area contributed by atoms with Gasteiger partial charge in [0.15, 0.2) is 17.3 Å². The first-order valence-electron chi connectivity index (χ1n) is 7.36. The van der Waals surface area contributed by atoms with Crippen LogP contribution in [-0.2, 0) is 10.0 Å². The fraction of sp³-hybridized carbons (Fsp3) is 0.235. The Kier molecular flexibility index (Phi) is 6.44. The van der Waals surface area contributed by atoms with E-state index >= 15 is 0 Å². The molecule has 0 fully saturated rings. The third-order valence-corrected chi connectivity index (χ3v) is 6.13. The van der Waals surface area contributed by atoms with Crippen molar-refractivity contribution in [3.05, 3.63) is 40.9 Å². The summed E-state index contributed by atoms with van der Waals surface area (Å²) >= 11 is 7.24. The van der Waals surface area contributed by atoms with Gasteiger partial charge in [-0.25, -0.2) is 8.42 Å². The fourth-order valence-corrected chi connectivity index (χ4v) is 4.78. The van der Waals surface area contributed by atoms with Gasteiger partial charge in [0, 0.05) is 21.5 Å².